The van der Waals surface area contributed by atoms with Crippen LogP contribution in [-0.4, -0.2) is 57.9 Å². The van der Waals surface area contributed by atoms with Gasteiger partial charge in [0.05, 0.1) is 5.56 Å². The molecule has 1 aromatic carbocycles. The van der Waals surface area contributed by atoms with Crippen LogP contribution in [0.3, 0.4) is 0 Å². The summed E-state index contributed by atoms with van der Waals surface area (Å²) < 4.78 is 43.8. The topological polar surface area (TPSA) is 79.5 Å². The molecular formula is C21H25F3N4O3. The number of carbonyl (C=O) groups excluding carboxylic acids is 2. The Morgan fingerprint density at radius 3 is 2.48 bits per heavy atom. The molecule has 1 aromatic heterocycles. The first-order valence-electron chi connectivity index (χ1n) is 10.3. The van der Waals surface area contributed by atoms with Crippen molar-refractivity contribution in [1.82, 2.24) is 19.9 Å². The number of halogens is 3. The Kier molecular flexibility index (Phi) is 7.29. The highest BCUT2D eigenvalue weighted by Crippen LogP contribution is 2.29. The van der Waals surface area contributed by atoms with E-state index in [0.29, 0.717) is 44.1 Å². The first-order valence-corrected chi connectivity index (χ1v) is 10.3. The molecule has 0 radical (unpaired) electrons. The molecule has 0 bridgehead atoms. The Bertz CT molecular complexity index is 905. The van der Waals surface area contributed by atoms with Crippen LogP contribution in [0.25, 0.3) is 0 Å². The minimum Gasteiger partial charge on any atom is -0.339 e. The largest absolute Gasteiger partial charge is 0.416 e. The van der Waals surface area contributed by atoms with E-state index in [1.807, 2.05) is 6.92 Å². The number of alkyl halides is 3. The lowest BCUT2D eigenvalue weighted by molar-refractivity contribution is -0.137. The number of rotatable bonds is 7. The van der Waals surface area contributed by atoms with Crippen LogP contribution in [0.15, 0.2) is 28.8 Å². The number of nitrogens with zero attached hydrogens (tertiary/aromatic N) is 4. The second kappa shape index (κ2) is 9.93. The van der Waals surface area contributed by atoms with Crippen LogP contribution in [0.4, 0.5) is 13.2 Å². The minimum atomic E-state index is -4.50. The predicted octanol–water partition coefficient (Wildman–Crippen LogP) is 3.35. The van der Waals surface area contributed by atoms with Crippen LogP contribution in [0.2, 0.25) is 0 Å². The zero-order valence-corrected chi connectivity index (χ0v) is 17.3. The third-order valence-electron chi connectivity index (χ3n) is 5.12. The van der Waals surface area contributed by atoms with Crippen molar-refractivity contribution in [3.05, 3.63) is 47.1 Å². The maximum absolute atomic E-state index is 12.9. The molecule has 0 N–H and O–H groups in total. The Morgan fingerprint density at radius 1 is 1.10 bits per heavy atom. The molecule has 10 heteroatoms. The van der Waals surface area contributed by atoms with E-state index in [1.165, 1.54) is 17.0 Å². The van der Waals surface area contributed by atoms with Crippen LogP contribution in [0.1, 0.15) is 53.8 Å². The summed E-state index contributed by atoms with van der Waals surface area (Å²) in [7, 11) is 0. The van der Waals surface area contributed by atoms with Crippen LogP contribution in [0.5, 0.6) is 0 Å². The molecule has 168 valence electrons. The van der Waals surface area contributed by atoms with Gasteiger partial charge in [-0.3, -0.25) is 9.59 Å². The van der Waals surface area contributed by atoms with E-state index in [2.05, 4.69) is 10.1 Å². The van der Waals surface area contributed by atoms with Crippen LogP contribution >= 0.6 is 0 Å². The minimum absolute atomic E-state index is 0.00315. The number of hydrogen-bond donors (Lipinski definition) is 0. The molecule has 1 saturated heterocycles. The molecule has 0 atom stereocenters. The number of benzene rings is 1. The normalized spacial score (nSPS) is 14.7. The van der Waals surface area contributed by atoms with Gasteiger partial charge in [-0.15, -0.1) is 0 Å². The summed E-state index contributed by atoms with van der Waals surface area (Å²) in [4.78, 5) is 32.4. The number of piperazine rings is 1. The van der Waals surface area contributed by atoms with Gasteiger partial charge in [0.25, 0.3) is 5.91 Å². The van der Waals surface area contributed by atoms with Gasteiger partial charge in [0.15, 0.2) is 5.82 Å². The van der Waals surface area contributed by atoms with Gasteiger partial charge >= 0.3 is 6.18 Å². The Balaban J connectivity index is 1.45. The van der Waals surface area contributed by atoms with E-state index in [0.717, 1.165) is 25.0 Å². The first-order chi connectivity index (χ1) is 14.8. The highest BCUT2D eigenvalue weighted by molar-refractivity contribution is 5.94. The van der Waals surface area contributed by atoms with Crippen LogP contribution in [0, 0.1) is 0 Å². The van der Waals surface area contributed by atoms with Crippen molar-refractivity contribution in [3.8, 4) is 0 Å². The van der Waals surface area contributed by atoms with Gasteiger partial charge in [0.1, 0.15) is 0 Å². The quantitative estimate of drug-likeness (QED) is 0.663. The fraction of sp³-hybridized carbons (Fsp3) is 0.524. The van der Waals surface area contributed by atoms with Gasteiger partial charge in [-0.25, -0.2) is 0 Å². The van der Waals surface area contributed by atoms with Crippen molar-refractivity contribution in [2.45, 2.75) is 45.2 Å². The second-order valence-corrected chi connectivity index (χ2v) is 7.46. The molecule has 1 fully saturated rings. The van der Waals surface area contributed by atoms with E-state index in [-0.39, 0.29) is 24.6 Å². The molecular weight excluding hydrogens is 413 g/mol. The third kappa shape index (κ3) is 6.05. The number of carbonyl (C=O) groups is 2. The fourth-order valence-electron chi connectivity index (χ4n) is 3.44. The number of hydrogen-bond acceptors (Lipinski definition) is 5. The van der Waals surface area contributed by atoms with Crippen LogP contribution < -0.4 is 0 Å². The van der Waals surface area contributed by atoms with Gasteiger partial charge in [-0.1, -0.05) is 18.1 Å². The molecule has 0 aliphatic carbocycles. The molecule has 0 unspecified atom stereocenters. The average molecular weight is 438 g/mol. The summed E-state index contributed by atoms with van der Waals surface area (Å²) in [6, 6.07) is 4.40. The van der Waals surface area contributed by atoms with Crippen molar-refractivity contribution in [2.75, 3.05) is 26.2 Å². The van der Waals surface area contributed by atoms with Crippen molar-refractivity contribution >= 4 is 11.8 Å². The van der Waals surface area contributed by atoms with E-state index < -0.39 is 17.6 Å². The summed E-state index contributed by atoms with van der Waals surface area (Å²) in [5.74, 6) is 0.704. The van der Waals surface area contributed by atoms with Gasteiger partial charge in [0.2, 0.25) is 11.8 Å². The third-order valence-corrected chi connectivity index (χ3v) is 5.12. The van der Waals surface area contributed by atoms with Crippen molar-refractivity contribution in [3.63, 3.8) is 0 Å². The Labute approximate surface area is 178 Å². The first kappa shape index (κ1) is 22.8. The fourth-order valence-corrected chi connectivity index (χ4v) is 3.44. The van der Waals surface area contributed by atoms with E-state index in [1.54, 1.807) is 4.90 Å². The summed E-state index contributed by atoms with van der Waals surface area (Å²) in [5, 5.41) is 3.88. The zero-order valence-electron chi connectivity index (χ0n) is 17.3. The monoisotopic (exact) mass is 438 g/mol. The lowest BCUT2D eigenvalue weighted by atomic mass is 10.1. The van der Waals surface area contributed by atoms with Gasteiger partial charge < -0.3 is 14.3 Å². The van der Waals surface area contributed by atoms with E-state index in [4.69, 9.17) is 4.52 Å². The molecule has 3 rings (SSSR count). The maximum atomic E-state index is 12.9. The highest BCUT2D eigenvalue weighted by Gasteiger charge is 2.32. The Morgan fingerprint density at radius 2 is 1.81 bits per heavy atom. The molecule has 2 amide bonds. The summed E-state index contributed by atoms with van der Waals surface area (Å²) >= 11 is 0. The van der Waals surface area contributed by atoms with Crippen molar-refractivity contribution < 1.29 is 27.3 Å². The van der Waals surface area contributed by atoms with Gasteiger partial charge in [-0.05, 0) is 31.0 Å². The molecule has 1 aliphatic rings. The molecule has 1 aliphatic heterocycles. The van der Waals surface area contributed by atoms with E-state index in [9.17, 15) is 22.8 Å². The molecule has 31 heavy (non-hydrogen) atoms. The maximum Gasteiger partial charge on any atom is 0.416 e. The van der Waals surface area contributed by atoms with Crippen molar-refractivity contribution in [2.24, 2.45) is 0 Å². The highest BCUT2D eigenvalue weighted by atomic mass is 19.4. The smallest absolute Gasteiger partial charge is 0.339 e. The van der Waals surface area contributed by atoms with Crippen LogP contribution in [-0.2, 0) is 23.8 Å². The van der Waals surface area contributed by atoms with Gasteiger partial charge in [-0.2, -0.15) is 18.2 Å². The lowest BCUT2D eigenvalue weighted by Crippen LogP contribution is -2.50. The molecule has 2 heterocycles. The number of amides is 2. The lowest BCUT2D eigenvalue weighted by Gasteiger charge is -2.35. The molecule has 2 aromatic rings. The average Bonchev–Trinajstić information content (AvgIpc) is 3.20. The SMILES string of the molecule is CCCc1noc(CCCC(=O)N2CCN(C(=O)c3cccc(C(F)(F)F)c3)CC2)n1. The van der Waals surface area contributed by atoms with Crippen molar-refractivity contribution in [1.29, 1.82) is 0 Å². The standard InChI is InChI=1S/C21H25F3N4O3/c1-2-5-17-25-18(31-26-17)8-4-9-19(29)27-10-12-28(13-11-27)20(30)15-6-3-7-16(14-15)21(22,23)24/h3,6-7,14H,2,4-5,8-13H2,1H3. The Hall–Kier alpha value is -2.91. The number of aromatic nitrogens is 2. The predicted molar refractivity (Wildman–Crippen MR) is 105 cm³/mol. The number of aryl methyl sites for hydroxylation is 2. The van der Waals surface area contributed by atoms with Gasteiger partial charge in [0, 0.05) is 51.0 Å². The molecule has 0 saturated carbocycles. The van der Waals surface area contributed by atoms with E-state index >= 15 is 0 Å². The summed E-state index contributed by atoms with van der Waals surface area (Å²) in [5.41, 5.74) is -0.855. The summed E-state index contributed by atoms with van der Waals surface area (Å²) in [6.45, 7) is 3.30. The summed E-state index contributed by atoms with van der Waals surface area (Å²) in [6.07, 6.45) is -1.38. The molecule has 0 spiro atoms. The zero-order chi connectivity index (χ0) is 22.4. The second-order valence-electron chi connectivity index (χ2n) is 7.46. The molecule has 7 nitrogen and oxygen atoms in total.